The summed E-state index contributed by atoms with van der Waals surface area (Å²) in [4.78, 5) is 11.0. The van der Waals surface area contributed by atoms with Crippen LogP contribution in [-0.4, -0.2) is 18.6 Å². The van der Waals surface area contributed by atoms with Crippen molar-refractivity contribution in [3.63, 3.8) is 0 Å². The van der Waals surface area contributed by atoms with E-state index in [4.69, 9.17) is 38.0 Å². The van der Waals surface area contributed by atoms with Gasteiger partial charge in [0.25, 0.3) is 0 Å². The third-order valence-electron chi connectivity index (χ3n) is 1.77. The smallest absolute Gasteiger partial charge is 0.341 e. The number of hydrogen-bond acceptors (Lipinski definition) is 2. The Balaban J connectivity index is 3.69. The molecule has 0 aromatic rings. The van der Waals surface area contributed by atoms with Crippen LogP contribution < -0.4 is 0 Å². The summed E-state index contributed by atoms with van der Waals surface area (Å²) in [6, 6.07) is -1.98. The number of rotatable bonds is 6. The molecule has 0 aliphatic heterocycles. The molecule has 88 valence electrons. The van der Waals surface area contributed by atoms with Crippen LogP contribution in [0.2, 0.25) is 6.04 Å². The molecule has 6 heteroatoms. The lowest BCUT2D eigenvalue weighted by Crippen LogP contribution is -2.16. The minimum atomic E-state index is -2.56. The molecule has 0 aromatic heterocycles. The first-order valence-electron chi connectivity index (χ1n) is 4.61. The van der Waals surface area contributed by atoms with Gasteiger partial charge in [0.2, 0.25) is 0 Å². The predicted molar refractivity (Wildman–Crippen MR) is 67.7 cm³/mol. The van der Waals surface area contributed by atoms with Gasteiger partial charge in [-0.2, -0.15) is 0 Å². The minimum absolute atomic E-state index is 0.252. The van der Waals surface area contributed by atoms with Crippen LogP contribution in [0.25, 0.3) is 0 Å². The van der Waals surface area contributed by atoms with E-state index in [9.17, 15) is 4.79 Å². The minimum Gasteiger partial charge on any atom is -0.462 e. The molecular formula is C9H15Cl3O2Si. The SMILES string of the molecule is C=C(C)C(=O)OCCC(C)C[Si](Cl)(Cl)Cl. The number of carbonyl (C=O) groups is 1. The zero-order valence-electron chi connectivity index (χ0n) is 8.86. The predicted octanol–water partition coefficient (Wildman–Crippen LogP) is 3.79. The molecule has 2 nitrogen and oxygen atoms in total. The Bertz CT molecular complexity index is 238. The van der Waals surface area contributed by atoms with E-state index in [1.54, 1.807) is 6.92 Å². The van der Waals surface area contributed by atoms with E-state index >= 15 is 0 Å². The van der Waals surface area contributed by atoms with Crippen molar-refractivity contribution in [3.8, 4) is 0 Å². The van der Waals surface area contributed by atoms with E-state index in [0.29, 0.717) is 24.6 Å². The summed E-state index contributed by atoms with van der Waals surface area (Å²) < 4.78 is 4.94. The maximum Gasteiger partial charge on any atom is 0.341 e. The molecule has 1 atom stereocenters. The van der Waals surface area contributed by atoms with Crippen molar-refractivity contribution in [2.45, 2.75) is 26.3 Å². The molecule has 0 aliphatic rings. The van der Waals surface area contributed by atoms with Crippen molar-refractivity contribution in [1.29, 1.82) is 0 Å². The first kappa shape index (κ1) is 15.3. The number of esters is 1. The second-order valence-corrected chi connectivity index (χ2v) is 12.8. The van der Waals surface area contributed by atoms with Gasteiger partial charge in [-0.1, -0.05) is 13.5 Å². The number of halogens is 3. The van der Waals surface area contributed by atoms with Gasteiger partial charge in [0, 0.05) is 5.57 Å². The van der Waals surface area contributed by atoms with E-state index in [1.807, 2.05) is 6.92 Å². The summed E-state index contributed by atoms with van der Waals surface area (Å²) in [6.45, 7) is 7.42. The number of ether oxygens (including phenoxy) is 1. The van der Waals surface area contributed by atoms with Crippen molar-refractivity contribution in [2.75, 3.05) is 6.61 Å². The van der Waals surface area contributed by atoms with Crippen LogP contribution in [0.1, 0.15) is 20.3 Å². The van der Waals surface area contributed by atoms with Gasteiger partial charge in [0.05, 0.1) is 6.61 Å². The molecule has 0 saturated heterocycles. The van der Waals surface area contributed by atoms with Gasteiger partial charge < -0.3 is 4.74 Å². The van der Waals surface area contributed by atoms with E-state index in [1.165, 1.54) is 0 Å². The largest absolute Gasteiger partial charge is 0.462 e. The Hall–Kier alpha value is 0.297. The van der Waals surface area contributed by atoms with Crippen molar-refractivity contribution in [1.82, 2.24) is 0 Å². The maximum absolute atomic E-state index is 11.0. The Kier molecular flexibility index (Phi) is 6.92. The summed E-state index contributed by atoms with van der Waals surface area (Å²) in [6.07, 6.45) is 0.708. The normalized spacial score (nSPS) is 13.4. The molecule has 0 aromatic carbocycles. The monoisotopic (exact) mass is 288 g/mol. The van der Waals surface area contributed by atoms with Gasteiger partial charge in [-0.25, -0.2) is 4.79 Å². The Morgan fingerprint density at radius 1 is 1.47 bits per heavy atom. The van der Waals surface area contributed by atoms with Gasteiger partial charge in [0.15, 0.2) is 0 Å². The fourth-order valence-electron chi connectivity index (χ4n) is 0.973. The fraction of sp³-hybridized carbons (Fsp3) is 0.667. The Morgan fingerprint density at radius 2 is 2.00 bits per heavy atom. The lowest BCUT2D eigenvalue weighted by molar-refractivity contribution is -0.139. The van der Waals surface area contributed by atoms with Crippen molar-refractivity contribution >= 4 is 45.2 Å². The van der Waals surface area contributed by atoms with Crippen LogP contribution in [0.4, 0.5) is 0 Å². The topological polar surface area (TPSA) is 26.3 Å². The van der Waals surface area contributed by atoms with Crippen molar-refractivity contribution in [2.24, 2.45) is 5.92 Å². The van der Waals surface area contributed by atoms with Gasteiger partial charge >= 0.3 is 12.0 Å². The lowest BCUT2D eigenvalue weighted by atomic mass is 10.1. The first-order chi connectivity index (χ1) is 6.72. The lowest BCUT2D eigenvalue weighted by Gasteiger charge is -2.14. The number of hydrogen-bond donors (Lipinski definition) is 0. The second kappa shape index (κ2) is 6.79. The maximum atomic E-state index is 11.0. The van der Waals surface area contributed by atoms with E-state index in [0.717, 1.165) is 0 Å². The summed E-state index contributed by atoms with van der Waals surface area (Å²) >= 11 is 17.3. The van der Waals surface area contributed by atoms with Crippen LogP contribution in [0.15, 0.2) is 12.2 Å². The van der Waals surface area contributed by atoms with Gasteiger partial charge in [-0.05, 0) is 25.3 Å². The summed E-state index contributed by atoms with van der Waals surface area (Å²) in [5, 5.41) is 0. The summed E-state index contributed by atoms with van der Waals surface area (Å²) in [7, 11) is 0. The Labute approximate surface area is 106 Å². The highest BCUT2D eigenvalue weighted by Crippen LogP contribution is 2.30. The van der Waals surface area contributed by atoms with Crippen LogP contribution in [0.5, 0.6) is 0 Å². The molecule has 0 N–H and O–H groups in total. The highest BCUT2D eigenvalue weighted by molar-refractivity contribution is 7.64. The highest BCUT2D eigenvalue weighted by Gasteiger charge is 2.27. The zero-order valence-corrected chi connectivity index (χ0v) is 12.1. The van der Waals surface area contributed by atoms with Crippen LogP contribution in [-0.2, 0) is 9.53 Å². The standard InChI is InChI=1S/C9H15Cl3O2Si/c1-7(2)9(13)14-5-4-8(3)6-15(10,11)12/h8H,1,4-6H2,2-3H3. The molecule has 0 amide bonds. The average molecular weight is 290 g/mol. The van der Waals surface area contributed by atoms with Crippen LogP contribution in [0.3, 0.4) is 0 Å². The molecule has 0 radical (unpaired) electrons. The quantitative estimate of drug-likeness (QED) is 0.322. The Morgan fingerprint density at radius 3 is 2.40 bits per heavy atom. The third-order valence-corrected chi connectivity index (χ3v) is 4.32. The third kappa shape index (κ3) is 9.24. The van der Waals surface area contributed by atoms with Crippen molar-refractivity contribution < 1.29 is 9.53 Å². The molecule has 0 fully saturated rings. The van der Waals surface area contributed by atoms with Crippen molar-refractivity contribution in [3.05, 3.63) is 12.2 Å². The molecular weight excluding hydrogens is 275 g/mol. The van der Waals surface area contributed by atoms with Gasteiger partial charge in [-0.3, -0.25) is 0 Å². The first-order valence-corrected chi connectivity index (χ1v) is 9.86. The summed E-state index contributed by atoms with van der Waals surface area (Å²) in [5.74, 6) is -0.115. The molecule has 0 heterocycles. The highest BCUT2D eigenvalue weighted by atomic mass is 35.8. The summed E-state index contributed by atoms with van der Waals surface area (Å²) in [5.41, 5.74) is 0.401. The van der Waals surface area contributed by atoms with E-state index in [-0.39, 0.29) is 11.9 Å². The number of carbonyl (C=O) groups excluding carboxylic acids is 1. The molecule has 0 rings (SSSR count). The molecule has 0 saturated carbocycles. The van der Waals surface area contributed by atoms with Gasteiger partial charge in [-0.15, -0.1) is 33.2 Å². The second-order valence-electron chi connectivity index (χ2n) is 3.63. The van der Waals surface area contributed by atoms with E-state index in [2.05, 4.69) is 6.58 Å². The van der Waals surface area contributed by atoms with Crippen LogP contribution in [0, 0.1) is 5.92 Å². The molecule has 1 unspecified atom stereocenters. The molecule has 15 heavy (non-hydrogen) atoms. The molecule has 0 bridgehead atoms. The molecule has 0 spiro atoms. The van der Waals surface area contributed by atoms with Gasteiger partial charge in [0.1, 0.15) is 0 Å². The average Bonchev–Trinajstić information content (AvgIpc) is 2.00. The molecule has 0 aliphatic carbocycles. The fourth-order valence-corrected chi connectivity index (χ4v) is 4.34. The zero-order chi connectivity index (χ0) is 12.1. The van der Waals surface area contributed by atoms with E-state index < -0.39 is 6.00 Å². The van der Waals surface area contributed by atoms with Crippen LogP contribution >= 0.6 is 33.2 Å².